The van der Waals surface area contributed by atoms with Crippen molar-refractivity contribution in [1.29, 1.82) is 0 Å². The molecule has 1 N–H and O–H groups in total. The first kappa shape index (κ1) is 8.66. The Hall–Kier alpha value is -0.930. The van der Waals surface area contributed by atoms with E-state index in [1.54, 1.807) is 6.07 Å². The first-order valence-corrected chi connectivity index (χ1v) is 4.30. The summed E-state index contributed by atoms with van der Waals surface area (Å²) < 4.78 is 10.4. The Labute approximate surface area is 80.8 Å². The maximum atomic E-state index is 8.99. The van der Waals surface area contributed by atoms with Gasteiger partial charge in [0, 0.05) is 11.1 Å². The van der Waals surface area contributed by atoms with Gasteiger partial charge in [0.05, 0.1) is 11.6 Å². The lowest BCUT2D eigenvalue weighted by Gasteiger charge is -2.07. The van der Waals surface area contributed by atoms with Gasteiger partial charge in [-0.1, -0.05) is 11.6 Å². The summed E-state index contributed by atoms with van der Waals surface area (Å²) in [7, 11) is 0. The maximum Gasteiger partial charge on any atom is 0.231 e. The number of aliphatic hydroxyl groups is 1. The summed E-state index contributed by atoms with van der Waals surface area (Å²) in [6, 6.07) is 1.71. The molecule has 1 aromatic rings. The number of aliphatic hydroxyl groups excluding tert-OH is 1. The standard InChI is InChI=1S/C9H9ClO3/c1-5-8(10)6(3-11)2-7-9(5)13-4-12-7/h2,11H,3-4H2,1H3. The van der Waals surface area contributed by atoms with E-state index in [1.807, 2.05) is 6.92 Å². The number of benzene rings is 1. The van der Waals surface area contributed by atoms with Crippen LogP contribution in [0.3, 0.4) is 0 Å². The van der Waals surface area contributed by atoms with Crippen molar-refractivity contribution >= 4 is 11.6 Å². The minimum absolute atomic E-state index is 0.0870. The zero-order chi connectivity index (χ0) is 9.42. The van der Waals surface area contributed by atoms with Gasteiger partial charge in [-0.25, -0.2) is 0 Å². The van der Waals surface area contributed by atoms with E-state index in [0.29, 0.717) is 22.1 Å². The van der Waals surface area contributed by atoms with Crippen molar-refractivity contribution in [2.75, 3.05) is 6.79 Å². The molecule has 0 spiro atoms. The fraction of sp³-hybridized carbons (Fsp3) is 0.333. The highest BCUT2D eigenvalue weighted by Crippen LogP contribution is 2.40. The molecular weight excluding hydrogens is 192 g/mol. The summed E-state index contributed by atoms with van der Waals surface area (Å²) in [6.45, 7) is 1.98. The summed E-state index contributed by atoms with van der Waals surface area (Å²) in [5.41, 5.74) is 1.49. The number of hydrogen-bond donors (Lipinski definition) is 1. The second-order valence-electron chi connectivity index (χ2n) is 2.87. The van der Waals surface area contributed by atoms with E-state index in [1.165, 1.54) is 0 Å². The Kier molecular flexibility index (Phi) is 2.06. The van der Waals surface area contributed by atoms with E-state index in [-0.39, 0.29) is 13.4 Å². The van der Waals surface area contributed by atoms with E-state index in [0.717, 1.165) is 5.56 Å². The number of rotatable bonds is 1. The molecule has 3 nitrogen and oxygen atoms in total. The van der Waals surface area contributed by atoms with Crippen LogP contribution in [0.25, 0.3) is 0 Å². The average Bonchev–Trinajstić information content (AvgIpc) is 2.59. The lowest BCUT2D eigenvalue weighted by atomic mass is 10.1. The summed E-state index contributed by atoms with van der Waals surface area (Å²) in [5, 5.41) is 9.54. The molecule has 0 fully saturated rings. The Morgan fingerprint density at radius 2 is 2.31 bits per heavy atom. The van der Waals surface area contributed by atoms with Gasteiger partial charge in [0.1, 0.15) is 0 Å². The molecule has 0 saturated heterocycles. The Bertz CT molecular complexity index is 348. The van der Waals surface area contributed by atoms with Crippen LogP contribution in [-0.2, 0) is 6.61 Å². The summed E-state index contributed by atoms with van der Waals surface area (Å²) in [6.07, 6.45) is 0. The number of hydrogen-bond acceptors (Lipinski definition) is 3. The van der Waals surface area contributed by atoms with Gasteiger partial charge in [0.25, 0.3) is 0 Å². The third-order valence-corrected chi connectivity index (χ3v) is 2.60. The van der Waals surface area contributed by atoms with Crippen molar-refractivity contribution in [1.82, 2.24) is 0 Å². The van der Waals surface area contributed by atoms with Crippen LogP contribution in [0.15, 0.2) is 6.07 Å². The lowest BCUT2D eigenvalue weighted by Crippen LogP contribution is -1.93. The largest absolute Gasteiger partial charge is 0.454 e. The van der Waals surface area contributed by atoms with Crippen LogP contribution in [0.4, 0.5) is 0 Å². The molecule has 0 bridgehead atoms. The van der Waals surface area contributed by atoms with E-state index in [2.05, 4.69) is 0 Å². The molecule has 1 aliphatic rings. The van der Waals surface area contributed by atoms with Crippen LogP contribution in [0.2, 0.25) is 5.02 Å². The van der Waals surface area contributed by atoms with Crippen LogP contribution >= 0.6 is 11.6 Å². The van der Waals surface area contributed by atoms with Crippen LogP contribution < -0.4 is 9.47 Å². The second kappa shape index (κ2) is 3.09. The van der Waals surface area contributed by atoms with Gasteiger partial charge in [0.2, 0.25) is 6.79 Å². The van der Waals surface area contributed by atoms with Crippen molar-refractivity contribution in [2.45, 2.75) is 13.5 Å². The highest BCUT2D eigenvalue weighted by atomic mass is 35.5. The van der Waals surface area contributed by atoms with Gasteiger partial charge in [-0.2, -0.15) is 0 Å². The van der Waals surface area contributed by atoms with Crippen LogP contribution in [-0.4, -0.2) is 11.9 Å². The van der Waals surface area contributed by atoms with E-state index in [9.17, 15) is 0 Å². The van der Waals surface area contributed by atoms with Crippen molar-refractivity contribution < 1.29 is 14.6 Å². The molecule has 0 aromatic heterocycles. The molecule has 1 aromatic carbocycles. The van der Waals surface area contributed by atoms with Gasteiger partial charge < -0.3 is 14.6 Å². The molecule has 0 unspecified atom stereocenters. The van der Waals surface area contributed by atoms with Crippen molar-refractivity contribution in [3.63, 3.8) is 0 Å². The lowest BCUT2D eigenvalue weighted by molar-refractivity contribution is 0.173. The molecule has 1 aliphatic heterocycles. The average molecular weight is 201 g/mol. The zero-order valence-corrected chi connectivity index (χ0v) is 7.89. The van der Waals surface area contributed by atoms with E-state index >= 15 is 0 Å². The molecule has 0 radical (unpaired) electrons. The highest BCUT2D eigenvalue weighted by molar-refractivity contribution is 6.32. The van der Waals surface area contributed by atoms with Gasteiger partial charge >= 0.3 is 0 Å². The predicted octanol–water partition coefficient (Wildman–Crippen LogP) is 1.87. The monoisotopic (exact) mass is 200 g/mol. The smallest absolute Gasteiger partial charge is 0.231 e. The number of fused-ring (bicyclic) bond motifs is 1. The molecular formula is C9H9ClO3. The summed E-state index contributed by atoms with van der Waals surface area (Å²) >= 11 is 5.98. The van der Waals surface area contributed by atoms with Crippen LogP contribution in [0.1, 0.15) is 11.1 Å². The number of halogens is 1. The van der Waals surface area contributed by atoms with Gasteiger partial charge in [-0.15, -0.1) is 0 Å². The van der Waals surface area contributed by atoms with Crippen molar-refractivity contribution in [2.24, 2.45) is 0 Å². The summed E-state index contributed by atoms with van der Waals surface area (Å²) in [4.78, 5) is 0. The molecule has 0 aliphatic carbocycles. The fourth-order valence-electron chi connectivity index (χ4n) is 1.37. The van der Waals surface area contributed by atoms with Crippen LogP contribution in [0.5, 0.6) is 11.5 Å². The van der Waals surface area contributed by atoms with E-state index < -0.39 is 0 Å². The molecule has 0 saturated carbocycles. The second-order valence-corrected chi connectivity index (χ2v) is 3.24. The quantitative estimate of drug-likeness (QED) is 0.752. The zero-order valence-electron chi connectivity index (χ0n) is 7.13. The highest BCUT2D eigenvalue weighted by Gasteiger charge is 2.20. The third-order valence-electron chi connectivity index (χ3n) is 2.07. The summed E-state index contributed by atoms with van der Waals surface area (Å²) in [5.74, 6) is 1.34. The molecule has 70 valence electrons. The fourth-order valence-corrected chi connectivity index (χ4v) is 1.57. The molecule has 4 heteroatoms. The number of ether oxygens (including phenoxy) is 2. The molecule has 0 atom stereocenters. The maximum absolute atomic E-state index is 8.99. The van der Waals surface area contributed by atoms with Gasteiger partial charge in [-0.05, 0) is 13.0 Å². The van der Waals surface area contributed by atoms with Gasteiger partial charge in [0.15, 0.2) is 11.5 Å². The Morgan fingerprint density at radius 3 is 3.00 bits per heavy atom. The first-order chi connectivity index (χ1) is 6.24. The predicted molar refractivity (Wildman–Crippen MR) is 48.2 cm³/mol. The Morgan fingerprint density at radius 1 is 1.54 bits per heavy atom. The Balaban J connectivity index is 2.61. The van der Waals surface area contributed by atoms with Crippen molar-refractivity contribution in [3.05, 3.63) is 22.2 Å². The van der Waals surface area contributed by atoms with Gasteiger partial charge in [-0.3, -0.25) is 0 Å². The van der Waals surface area contributed by atoms with E-state index in [4.69, 9.17) is 26.2 Å². The third kappa shape index (κ3) is 1.24. The minimum Gasteiger partial charge on any atom is -0.454 e. The first-order valence-electron chi connectivity index (χ1n) is 3.92. The molecule has 2 rings (SSSR count). The molecule has 1 heterocycles. The topological polar surface area (TPSA) is 38.7 Å². The minimum atomic E-state index is -0.0870. The molecule has 0 amide bonds. The van der Waals surface area contributed by atoms with Crippen molar-refractivity contribution in [3.8, 4) is 11.5 Å². The molecule has 13 heavy (non-hydrogen) atoms. The SMILES string of the molecule is Cc1c(Cl)c(CO)cc2c1OCO2. The normalized spacial score (nSPS) is 13.5. The van der Waals surface area contributed by atoms with Crippen LogP contribution in [0, 0.1) is 6.92 Å².